The summed E-state index contributed by atoms with van der Waals surface area (Å²) in [6, 6.07) is 3.79. The number of rotatable bonds is 7. The standard InChI is InChI=1S/C22H32F2N6O.HI/c1-5-19(17-7-6-16(23)14-18(17)24)29-10-12-30(13-11-29)22(25-4)26-9-8-20-27-21(15(2)3)28-31-20;/h6-7,14-15,19H,5,8-13H2,1-4H3,(H,25,26);1H. The highest BCUT2D eigenvalue weighted by molar-refractivity contribution is 14.0. The van der Waals surface area contributed by atoms with E-state index in [1.54, 1.807) is 13.1 Å². The minimum atomic E-state index is -0.545. The van der Waals surface area contributed by atoms with Crippen molar-refractivity contribution in [2.75, 3.05) is 39.8 Å². The summed E-state index contributed by atoms with van der Waals surface area (Å²) in [4.78, 5) is 13.2. The highest BCUT2D eigenvalue weighted by Gasteiger charge is 2.27. The molecule has 0 amide bonds. The smallest absolute Gasteiger partial charge is 0.228 e. The van der Waals surface area contributed by atoms with Crippen LogP contribution in [0.5, 0.6) is 0 Å². The van der Waals surface area contributed by atoms with Crippen LogP contribution in [-0.2, 0) is 6.42 Å². The van der Waals surface area contributed by atoms with Gasteiger partial charge in [0.2, 0.25) is 5.89 Å². The molecule has 1 unspecified atom stereocenters. The second-order valence-electron chi connectivity index (χ2n) is 8.04. The van der Waals surface area contributed by atoms with Crippen LogP contribution in [0.15, 0.2) is 27.7 Å². The van der Waals surface area contributed by atoms with E-state index in [0.29, 0.717) is 24.4 Å². The van der Waals surface area contributed by atoms with E-state index < -0.39 is 11.6 Å². The molecule has 0 spiro atoms. The van der Waals surface area contributed by atoms with Crippen LogP contribution in [-0.4, -0.2) is 65.7 Å². The molecule has 1 atom stereocenters. The fourth-order valence-corrected chi connectivity index (χ4v) is 3.91. The van der Waals surface area contributed by atoms with Crippen LogP contribution in [0.1, 0.15) is 56.4 Å². The lowest BCUT2D eigenvalue weighted by atomic mass is 10.0. The third-order valence-electron chi connectivity index (χ3n) is 5.60. The van der Waals surface area contributed by atoms with E-state index in [-0.39, 0.29) is 35.9 Å². The molecule has 7 nitrogen and oxygen atoms in total. The number of halogens is 3. The van der Waals surface area contributed by atoms with Gasteiger partial charge in [0.25, 0.3) is 0 Å². The molecule has 178 valence electrons. The number of piperazine rings is 1. The molecule has 1 saturated heterocycles. The molecule has 1 fully saturated rings. The summed E-state index contributed by atoms with van der Waals surface area (Å²) in [5.74, 6) is 1.38. The van der Waals surface area contributed by atoms with Crippen LogP contribution in [0, 0.1) is 11.6 Å². The van der Waals surface area contributed by atoms with Crippen molar-refractivity contribution in [2.45, 2.75) is 45.6 Å². The van der Waals surface area contributed by atoms with Crippen LogP contribution in [0.25, 0.3) is 0 Å². The maximum atomic E-state index is 14.3. The van der Waals surface area contributed by atoms with Crippen LogP contribution in [0.4, 0.5) is 8.78 Å². The van der Waals surface area contributed by atoms with Crippen molar-refractivity contribution in [3.63, 3.8) is 0 Å². The summed E-state index contributed by atoms with van der Waals surface area (Å²) < 4.78 is 32.9. The Morgan fingerprint density at radius 3 is 2.50 bits per heavy atom. The lowest BCUT2D eigenvalue weighted by molar-refractivity contribution is 0.124. The van der Waals surface area contributed by atoms with Crippen molar-refractivity contribution in [3.8, 4) is 0 Å². The molecular formula is C22H33F2IN6O. The second kappa shape index (κ2) is 12.4. The molecule has 2 aromatic rings. The molecule has 1 aromatic carbocycles. The Morgan fingerprint density at radius 2 is 1.94 bits per heavy atom. The average molecular weight is 562 g/mol. The quantitative estimate of drug-likeness (QED) is 0.313. The van der Waals surface area contributed by atoms with Gasteiger partial charge in [-0.3, -0.25) is 9.89 Å². The predicted octanol–water partition coefficient (Wildman–Crippen LogP) is 3.98. The highest BCUT2D eigenvalue weighted by atomic mass is 127. The van der Waals surface area contributed by atoms with Crippen molar-refractivity contribution >= 4 is 29.9 Å². The monoisotopic (exact) mass is 562 g/mol. The Hall–Kier alpha value is -1.82. The first-order valence-corrected chi connectivity index (χ1v) is 10.9. The summed E-state index contributed by atoms with van der Waals surface area (Å²) in [7, 11) is 1.76. The molecule has 1 N–H and O–H groups in total. The number of nitrogens with one attached hydrogen (secondary N) is 1. The number of aliphatic imine (C=N–C) groups is 1. The molecule has 0 bridgehead atoms. The Bertz CT molecular complexity index is 883. The molecule has 1 aliphatic heterocycles. The third-order valence-corrected chi connectivity index (χ3v) is 5.60. The lowest BCUT2D eigenvalue weighted by Gasteiger charge is -2.40. The largest absolute Gasteiger partial charge is 0.356 e. The molecule has 0 saturated carbocycles. The fourth-order valence-electron chi connectivity index (χ4n) is 3.91. The fraction of sp³-hybridized carbons (Fsp3) is 0.591. The molecule has 0 radical (unpaired) electrons. The Kier molecular flexibility index (Phi) is 10.3. The summed E-state index contributed by atoms with van der Waals surface area (Å²) in [6.07, 6.45) is 1.39. The van der Waals surface area contributed by atoms with Crippen LogP contribution < -0.4 is 5.32 Å². The zero-order chi connectivity index (χ0) is 22.4. The Labute approximate surface area is 205 Å². The predicted molar refractivity (Wildman–Crippen MR) is 131 cm³/mol. The van der Waals surface area contributed by atoms with Gasteiger partial charge in [-0.15, -0.1) is 24.0 Å². The van der Waals surface area contributed by atoms with Crippen LogP contribution in [0.3, 0.4) is 0 Å². The topological polar surface area (TPSA) is 69.8 Å². The van der Waals surface area contributed by atoms with Crippen molar-refractivity contribution in [3.05, 3.63) is 47.1 Å². The van der Waals surface area contributed by atoms with E-state index in [1.165, 1.54) is 6.07 Å². The van der Waals surface area contributed by atoms with Gasteiger partial charge >= 0.3 is 0 Å². The SMILES string of the molecule is CCC(c1ccc(F)cc1F)N1CCN(C(=NC)NCCc2nc(C(C)C)no2)CC1.I. The number of hydrogen-bond donors (Lipinski definition) is 1. The Balaban J connectivity index is 0.00000363. The molecule has 0 aliphatic carbocycles. The molecular weight excluding hydrogens is 529 g/mol. The van der Waals surface area contributed by atoms with Crippen molar-refractivity contribution < 1.29 is 13.3 Å². The molecule has 32 heavy (non-hydrogen) atoms. The van der Waals surface area contributed by atoms with Crippen LogP contribution in [0.2, 0.25) is 0 Å². The summed E-state index contributed by atoms with van der Waals surface area (Å²) in [6.45, 7) is 9.83. The Morgan fingerprint density at radius 1 is 1.22 bits per heavy atom. The molecule has 1 aromatic heterocycles. The van der Waals surface area contributed by atoms with Gasteiger partial charge in [-0.2, -0.15) is 4.98 Å². The number of aromatic nitrogens is 2. The number of guanidine groups is 1. The zero-order valence-electron chi connectivity index (χ0n) is 19.1. The van der Waals surface area contributed by atoms with Crippen LogP contribution >= 0.6 is 24.0 Å². The van der Waals surface area contributed by atoms with E-state index in [9.17, 15) is 8.78 Å². The van der Waals surface area contributed by atoms with E-state index in [4.69, 9.17) is 4.52 Å². The maximum absolute atomic E-state index is 14.3. The van der Waals surface area contributed by atoms with Gasteiger partial charge in [0.1, 0.15) is 11.6 Å². The van der Waals surface area contributed by atoms with E-state index in [0.717, 1.165) is 50.5 Å². The van der Waals surface area contributed by atoms with Gasteiger partial charge in [0.05, 0.1) is 0 Å². The van der Waals surface area contributed by atoms with Gasteiger partial charge in [-0.05, 0) is 12.5 Å². The summed E-state index contributed by atoms with van der Waals surface area (Å²) in [5.41, 5.74) is 0.556. The molecule has 10 heteroatoms. The van der Waals surface area contributed by atoms with Gasteiger partial charge in [-0.25, -0.2) is 8.78 Å². The number of nitrogens with zero attached hydrogens (tertiary/aromatic N) is 5. The molecule has 3 rings (SSSR count). The van der Waals surface area contributed by atoms with Gasteiger partial charge in [0, 0.05) is 69.8 Å². The molecule has 1 aliphatic rings. The van der Waals surface area contributed by atoms with E-state index in [1.807, 2.05) is 20.8 Å². The number of benzene rings is 1. The highest BCUT2D eigenvalue weighted by Crippen LogP contribution is 2.28. The van der Waals surface area contributed by atoms with Gasteiger partial charge in [0.15, 0.2) is 11.8 Å². The molecule has 2 heterocycles. The van der Waals surface area contributed by atoms with Crippen molar-refractivity contribution in [2.24, 2.45) is 4.99 Å². The first-order valence-electron chi connectivity index (χ1n) is 10.9. The first-order chi connectivity index (χ1) is 14.9. The zero-order valence-corrected chi connectivity index (χ0v) is 21.5. The normalized spacial score (nSPS) is 16.2. The first kappa shape index (κ1) is 26.4. The minimum Gasteiger partial charge on any atom is -0.356 e. The van der Waals surface area contributed by atoms with Gasteiger partial charge < -0.3 is 14.7 Å². The van der Waals surface area contributed by atoms with Gasteiger partial charge in [-0.1, -0.05) is 32.0 Å². The van der Waals surface area contributed by atoms with Crippen molar-refractivity contribution in [1.29, 1.82) is 0 Å². The minimum absolute atomic E-state index is 0. The average Bonchev–Trinajstić information content (AvgIpc) is 3.23. The van der Waals surface area contributed by atoms with Crippen molar-refractivity contribution in [1.82, 2.24) is 25.3 Å². The second-order valence-corrected chi connectivity index (χ2v) is 8.04. The number of hydrogen-bond acceptors (Lipinski definition) is 5. The summed E-state index contributed by atoms with van der Waals surface area (Å²) in [5, 5.41) is 7.34. The lowest BCUT2D eigenvalue weighted by Crippen LogP contribution is -2.53. The van der Waals surface area contributed by atoms with E-state index in [2.05, 4.69) is 30.2 Å². The summed E-state index contributed by atoms with van der Waals surface area (Å²) >= 11 is 0. The van der Waals surface area contributed by atoms with E-state index >= 15 is 0 Å². The third kappa shape index (κ3) is 6.60. The maximum Gasteiger partial charge on any atom is 0.228 e.